The third-order valence-electron chi connectivity index (χ3n) is 3.63. The molecule has 0 unspecified atom stereocenters. The van der Waals surface area contributed by atoms with Crippen LogP contribution in [0, 0.1) is 5.92 Å². The molecule has 0 spiro atoms. The van der Waals surface area contributed by atoms with Gasteiger partial charge < -0.3 is 5.32 Å². The molecule has 0 saturated carbocycles. The Balaban J connectivity index is 1.73. The van der Waals surface area contributed by atoms with Crippen molar-refractivity contribution in [1.82, 2.24) is 5.32 Å². The molecule has 100 valence electrons. The molecule has 0 radical (unpaired) electrons. The first kappa shape index (κ1) is 12.7. The summed E-state index contributed by atoms with van der Waals surface area (Å²) in [6, 6.07) is 20.2. The van der Waals surface area contributed by atoms with Crippen molar-refractivity contribution in [2.24, 2.45) is 5.92 Å². The Morgan fingerprint density at radius 2 is 1.50 bits per heavy atom. The molecular weight excluding hydrogens is 246 g/mol. The summed E-state index contributed by atoms with van der Waals surface area (Å²) in [5, 5.41) is 3.08. The van der Waals surface area contributed by atoms with Gasteiger partial charge in [0.1, 0.15) is 0 Å². The van der Waals surface area contributed by atoms with Gasteiger partial charge in [0.25, 0.3) is 0 Å². The Labute approximate surface area is 119 Å². The Morgan fingerprint density at radius 3 is 2.15 bits per heavy atom. The fourth-order valence-corrected chi connectivity index (χ4v) is 2.52. The van der Waals surface area contributed by atoms with Gasteiger partial charge >= 0.3 is 0 Å². The van der Waals surface area contributed by atoms with Crippen molar-refractivity contribution in [3.63, 3.8) is 0 Å². The van der Waals surface area contributed by atoms with Crippen LogP contribution in [0.5, 0.6) is 0 Å². The summed E-state index contributed by atoms with van der Waals surface area (Å²) >= 11 is 0. The van der Waals surface area contributed by atoms with E-state index in [0.29, 0.717) is 0 Å². The summed E-state index contributed by atoms with van der Waals surface area (Å²) in [6.45, 7) is 0. The minimum atomic E-state index is -0.0719. The molecule has 1 aliphatic rings. The van der Waals surface area contributed by atoms with Crippen molar-refractivity contribution < 1.29 is 4.79 Å². The molecule has 0 aromatic heterocycles. The smallest absolute Gasteiger partial charge is 0.227 e. The highest BCUT2D eigenvalue weighted by atomic mass is 16.2. The number of benzene rings is 2. The molecule has 0 saturated heterocycles. The third kappa shape index (κ3) is 2.80. The zero-order valence-electron chi connectivity index (χ0n) is 11.2. The van der Waals surface area contributed by atoms with Crippen LogP contribution in [0.25, 0.3) is 0 Å². The first-order valence-corrected chi connectivity index (χ1v) is 6.90. The van der Waals surface area contributed by atoms with Crippen LogP contribution in [0.1, 0.15) is 17.2 Å². The Kier molecular flexibility index (Phi) is 3.64. The summed E-state index contributed by atoms with van der Waals surface area (Å²) in [5.41, 5.74) is 2.31. The second-order valence-electron chi connectivity index (χ2n) is 5.08. The van der Waals surface area contributed by atoms with Crippen LogP contribution in [0.3, 0.4) is 0 Å². The highest BCUT2D eigenvalue weighted by Gasteiger charge is 2.23. The van der Waals surface area contributed by atoms with Gasteiger partial charge in [-0.25, -0.2) is 0 Å². The number of nitrogens with one attached hydrogen (secondary N) is 1. The number of amides is 1. The zero-order valence-corrected chi connectivity index (χ0v) is 11.2. The number of carbonyl (C=O) groups excluding carboxylic acids is 1. The third-order valence-corrected chi connectivity index (χ3v) is 3.63. The van der Waals surface area contributed by atoms with Crippen molar-refractivity contribution in [3.8, 4) is 0 Å². The molecule has 2 nitrogen and oxygen atoms in total. The van der Waals surface area contributed by atoms with Crippen molar-refractivity contribution in [2.45, 2.75) is 12.5 Å². The van der Waals surface area contributed by atoms with E-state index >= 15 is 0 Å². The summed E-state index contributed by atoms with van der Waals surface area (Å²) in [5.74, 6) is 0.0302. The Morgan fingerprint density at radius 1 is 0.850 bits per heavy atom. The van der Waals surface area contributed by atoms with Gasteiger partial charge in [0.15, 0.2) is 0 Å². The monoisotopic (exact) mass is 263 g/mol. The maximum atomic E-state index is 12.2. The van der Waals surface area contributed by atoms with E-state index in [1.54, 1.807) is 0 Å². The lowest BCUT2D eigenvalue weighted by Gasteiger charge is -2.24. The lowest BCUT2D eigenvalue weighted by atomic mass is 9.92. The van der Waals surface area contributed by atoms with Crippen LogP contribution in [0.2, 0.25) is 0 Å². The van der Waals surface area contributed by atoms with Gasteiger partial charge in [-0.1, -0.05) is 72.8 Å². The van der Waals surface area contributed by atoms with E-state index in [2.05, 4.69) is 23.5 Å². The molecule has 2 aromatic rings. The average Bonchev–Trinajstić information content (AvgIpc) is 2.51. The predicted molar refractivity (Wildman–Crippen MR) is 80.1 cm³/mol. The summed E-state index contributed by atoms with van der Waals surface area (Å²) in [4.78, 5) is 12.2. The topological polar surface area (TPSA) is 29.1 Å². The minimum Gasteiger partial charge on any atom is -0.345 e. The van der Waals surface area contributed by atoms with E-state index in [9.17, 15) is 4.79 Å². The van der Waals surface area contributed by atoms with Gasteiger partial charge in [0.05, 0.1) is 12.0 Å². The summed E-state index contributed by atoms with van der Waals surface area (Å²) in [6.07, 6.45) is 4.87. The van der Waals surface area contributed by atoms with E-state index in [0.717, 1.165) is 12.0 Å². The van der Waals surface area contributed by atoms with Crippen LogP contribution < -0.4 is 5.32 Å². The van der Waals surface area contributed by atoms with Gasteiger partial charge in [-0.2, -0.15) is 0 Å². The predicted octanol–water partition coefficient (Wildman–Crippen LogP) is 3.27. The molecule has 0 fully saturated rings. The van der Waals surface area contributed by atoms with Gasteiger partial charge in [-0.15, -0.1) is 0 Å². The maximum Gasteiger partial charge on any atom is 0.227 e. The molecule has 0 bridgehead atoms. The van der Waals surface area contributed by atoms with Crippen LogP contribution >= 0.6 is 0 Å². The van der Waals surface area contributed by atoms with Crippen LogP contribution in [0.15, 0.2) is 72.8 Å². The van der Waals surface area contributed by atoms with Gasteiger partial charge in [0, 0.05) is 0 Å². The number of carbonyl (C=O) groups is 1. The largest absolute Gasteiger partial charge is 0.345 e. The van der Waals surface area contributed by atoms with Gasteiger partial charge in [0.2, 0.25) is 5.91 Å². The molecule has 1 aliphatic heterocycles. The van der Waals surface area contributed by atoms with E-state index in [-0.39, 0.29) is 17.9 Å². The van der Waals surface area contributed by atoms with Crippen molar-refractivity contribution in [1.29, 1.82) is 0 Å². The highest BCUT2D eigenvalue weighted by molar-refractivity contribution is 5.82. The standard InChI is InChI=1S/C18H17NO/c20-18-16(13-14-7-3-1-4-8-14)11-12-17(19-18)15-9-5-2-6-10-15/h1-12,16-17H,13H2,(H,19,20)/t16-,17+/m0/s1. The quantitative estimate of drug-likeness (QED) is 0.846. The van der Waals surface area contributed by atoms with Gasteiger partial charge in [-0.05, 0) is 17.5 Å². The first-order chi connectivity index (χ1) is 9.83. The lowest BCUT2D eigenvalue weighted by molar-refractivity contribution is -0.124. The van der Waals surface area contributed by atoms with Crippen LogP contribution in [-0.4, -0.2) is 5.91 Å². The van der Waals surface area contributed by atoms with Crippen LogP contribution in [-0.2, 0) is 11.2 Å². The molecule has 1 N–H and O–H groups in total. The van der Waals surface area contributed by atoms with Crippen molar-refractivity contribution in [2.75, 3.05) is 0 Å². The number of hydrogen-bond donors (Lipinski definition) is 1. The fourth-order valence-electron chi connectivity index (χ4n) is 2.52. The minimum absolute atomic E-state index is 0.00396. The molecule has 0 aliphatic carbocycles. The van der Waals surface area contributed by atoms with Crippen molar-refractivity contribution >= 4 is 5.91 Å². The molecule has 1 amide bonds. The van der Waals surface area contributed by atoms with Crippen LogP contribution in [0.4, 0.5) is 0 Å². The second kappa shape index (κ2) is 5.74. The summed E-state index contributed by atoms with van der Waals surface area (Å²) in [7, 11) is 0. The number of hydrogen-bond acceptors (Lipinski definition) is 1. The van der Waals surface area contributed by atoms with Crippen molar-refractivity contribution in [3.05, 3.63) is 83.9 Å². The van der Waals surface area contributed by atoms with Gasteiger partial charge in [-0.3, -0.25) is 4.79 Å². The first-order valence-electron chi connectivity index (χ1n) is 6.90. The molecule has 20 heavy (non-hydrogen) atoms. The second-order valence-corrected chi connectivity index (χ2v) is 5.08. The average molecular weight is 263 g/mol. The van der Waals surface area contributed by atoms with E-state index in [1.165, 1.54) is 5.56 Å². The Hall–Kier alpha value is -2.35. The Bertz CT molecular complexity index is 604. The molecule has 2 atom stereocenters. The normalized spacial score (nSPS) is 21.5. The lowest BCUT2D eigenvalue weighted by Crippen LogP contribution is -2.36. The maximum absolute atomic E-state index is 12.2. The fraction of sp³-hybridized carbons (Fsp3) is 0.167. The molecule has 1 heterocycles. The summed E-state index contributed by atoms with van der Waals surface area (Å²) < 4.78 is 0. The molecular formula is C18H17NO. The molecule has 3 rings (SSSR count). The van der Waals surface area contributed by atoms with E-state index in [4.69, 9.17) is 0 Å². The molecule has 2 heteroatoms. The van der Waals surface area contributed by atoms with E-state index < -0.39 is 0 Å². The van der Waals surface area contributed by atoms with E-state index in [1.807, 2.05) is 54.6 Å². The molecule has 2 aromatic carbocycles. The highest BCUT2D eigenvalue weighted by Crippen LogP contribution is 2.22. The SMILES string of the molecule is O=C1N[C@@H](c2ccccc2)C=C[C@H]1Cc1ccccc1. The number of rotatable bonds is 3. The zero-order chi connectivity index (χ0) is 13.8.